The molecule has 24 heavy (non-hydrogen) atoms. The molecule has 1 heterocycles. The third-order valence-corrected chi connectivity index (χ3v) is 4.39. The van der Waals surface area contributed by atoms with Gasteiger partial charge in [0.1, 0.15) is 25.3 Å². The summed E-state index contributed by atoms with van der Waals surface area (Å²) < 4.78 is 5.70. The molecule has 3 N–H and O–H groups in total. The number of hydrogen-bond acceptors (Lipinski definition) is 3. The molecule has 3 rings (SSSR count). The monoisotopic (exact) mass is 332 g/mol. The molecule has 0 aromatic heterocycles. The van der Waals surface area contributed by atoms with Gasteiger partial charge in [-0.3, -0.25) is 9.59 Å². The Kier molecular flexibility index (Phi) is 5.16. The molecule has 0 spiro atoms. The number of quaternary nitrogens is 1. The van der Waals surface area contributed by atoms with Crippen LogP contribution in [0.1, 0.15) is 37.0 Å². The van der Waals surface area contributed by atoms with Gasteiger partial charge in [-0.2, -0.15) is 0 Å². The first-order valence-electron chi connectivity index (χ1n) is 8.70. The lowest BCUT2D eigenvalue weighted by Gasteiger charge is -2.31. The van der Waals surface area contributed by atoms with Crippen LogP contribution < -0.4 is 15.5 Å². The Bertz CT molecular complexity index is 605. The lowest BCUT2D eigenvalue weighted by atomic mass is 10.1. The van der Waals surface area contributed by atoms with E-state index in [-0.39, 0.29) is 24.0 Å². The molecule has 2 aliphatic rings. The van der Waals surface area contributed by atoms with Gasteiger partial charge in [-0.1, -0.05) is 12.1 Å². The third-order valence-electron chi connectivity index (χ3n) is 4.39. The zero-order chi connectivity index (χ0) is 17.1. The van der Waals surface area contributed by atoms with Gasteiger partial charge in [0.25, 0.3) is 11.8 Å². The molecule has 1 aromatic carbocycles. The van der Waals surface area contributed by atoms with Crippen LogP contribution in [0.15, 0.2) is 24.3 Å². The number of carbonyl (C=O) groups is 2. The number of ether oxygens (including phenoxy) is 1. The molecule has 130 valence electrons. The maximum atomic E-state index is 12.4. The van der Waals surface area contributed by atoms with Crippen LogP contribution in [0.5, 0.6) is 0 Å². The molecular formula is C18H26N3O3+. The number of morpholine rings is 1. The molecule has 0 bridgehead atoms. The molecule has 2 atom stereocenters. The second-order valence-electron chi connectivity index (χ2n) is 6.93. The van der Waals surface area contributed by atoms with Crippen LogP contribution in [0.2, 0.25) is 0 Å². The topological polar surface area (TPSA) is 71.9 Å². The van der Waals surface area contributed by atoms with E-state index in [0.29, 0.717) is 23.8 Å². The van der Waals surface area contributed by atoms with E-state index < -0.39 is 0 Å². The smallest absolute Gasteiger partial charge is 0.279 e. The number of rotatable bonds is 5. The normalized spacial score (nSPS) is 26.7. The molecular weight excluding hydrogens is 306 g/mol. The van der Waals surface area contributed by atoms with Gasteiger partial charge in [-0.25, -0.2) is 0 Å². The SMILES string of the molecule is C[C@@H]1C[NH+](CC(=O)Nc2ccccc2C(=O)NC2CC2)C[C@@H](C)O1. The molecule has 0 radical (unpaired) electrons. The highest BCUT2D eigenvalue weighted by Crippen LogP contribution is 2.21. The first-order valence-corrected chi connectivity index (χ1v) is 8.70. The van der Waals surface area contributed by atoms with Crippen molar-refractivity contribution in [3.8, 4) is 0 Å². The third kappa shape index (κ3) is 4.55. The summed E-state index contributed by atoms with van der Waals surface area (Å²) in [4.78, 5) is 25.9. The zero-order valence-corrected chi connectivity index (χ0v) is 14.3. The van der Waals surface area contributed by atoms with Gasteiger partial charge in [0.05, 0.1) is 11.3 Å². The van der Waals surface area contributed by atoms with Crippen molar-refractivity contribution in [2.45, 2.75) is 44.9 Å². The Labute approximate surface area is 142 Å². The summed E-state index contributed by atoms with van der Waals surface area (Å²) in [7, 11) is 0. The fourth-order valence-electron chi connectivity index (χ4n) is 3.24. The number of benzene rings is 1. The average molecular weight is 332 g/mol. The Hall–Kier alpha value is -1.92. The van der Waals surface area contributed by atoms with E-state index in [1.165, 1.54) is 4.90 Å². The molecule has 6 nitrogen and oxygen atoms in total. The van der Waals surface area contributed by atoms with Crippen molar-refractivity contribution in [2.24, 2.45) is 0 Å². The Morgan fingerprint density at radius 2 is 1.83 bits per heavy atom. The fourth-order valence-corrected chi connectivity index (χ4v) is 3.24. The van der Waals surface area contributed by atoms with Crippen LogP contribution in [0.3, 0.4) is 0 Å². The maximum Gasteiger partial charge on any atom is 0.279 e. The Morgan fingerprint density at radius 1 is 1.17 bits per heavy atom. The van der Waals surface area contributed by atoms with Crippen molar-refractivity contribution in [2.75, 3.05) is 25.0 Å². The molecule has 1 saturated heterocycles. The van der Waals surface area contributed by atoms with Crippen LogP contribution >= 0.6 is 0 Å². The summed E-state index contributed by atoms with van der Waals surface area (Å²) in [5.41, 5.74) is 1.10. The van der Waals surface area contributed by atoms with E-state index in [0.717, 1.165) is 25.9 Å². The van der Waals surface area contributed by atoms with Gasteiger partial charge in [0.2, 0.25) is 0 Å². The van der Waals surface area contributed by atoms with Gasteiger partial charge in [-0.05, 0) is 38.8 Å². The van der Waals surface area contributed by atoms with Gasteiger partial charge >= 0.3 is 0 Å². The first kappa shape index (κ1) is 16.9. The number of amides is 2. The van der Waals surface area contributed by atoms with Crippen molar-refractivity contribution < 1.29 is 19.2 Å². The molecule has 6 heteroatoms. The van der Waals surface area contributed by atoms with Crippen LogP contribution in [0, 0.1) is 0 Å². The molecule has 1 aliphatic heterocycles. The predicted octanol–water partition coefficient (Wildman–Crippen LogP) is 0.209. The highest BCUT2D eigenvalue weighted by Gasteiger charge is 2.28. The zero-order valence-electron chi connectivity index (χ0n) is 14.3. The van der Waals surface area contributed by atoms with Crippen LogP contribution in [-0.2, 0) is 9.53 Å². The minimum absolute atomic E-state index is 0.0713. The minimum atomic E-state index is -0.116. The summed E-state index contributed by atoms with van der Waals surface area (Å²) in [5.74, 6) is -0.188. The average Bonchev–Trinajstić information content (AvgIpc) is 3.30. The maximum absolute atomic E-state index is 12.4. The fraction of sp³-hybridized carbons (Fsp3) is 0.556. The number of nitrogens with one attached hydrogen (secondary N) is 3. The summed E-state index contributed by atoms with van der Waals surface area (Å²) in [6, 6.07) is 7.46. The number of anilines is 1. The number of carbonyl (C=O) groups excluding carboxylic acids is 2. The van der Waals surface area contributed by atoms with Crippen molar-refractivity contribution in [3.63, 3.8) is 0 Å². The van der Waals surface area contributed by atoms with E-state index in [1.54, 1.807) is 12.1 Å². The lowest BCUT2D eigenvalue weighted by molar-refractivity contribution is -0.907. The number of para-hydroxylation sites is 1. The molecule has 1 aromatic rings. The standard InChI is InChI=1S/C18H25N3O3/c1-12-9-21(10-13(2)24-12)11-17(22)20-16-6-4-3-5-15(16)18(23)19-14-7-8-14/h3-6,12-14H,7-11H2,1-2H3,(H,19,23)(H,20,22)/p+1/t12-,13-/m1/s1. The predicted molar refractivity (Wildman–Crippen MR) is 91.1 cm³/mol. The van der Waals surface area contributed by atoms with Crippen molar-refractivity contribution in [3.05, 3.63) is 29.8 Å². The molecule has 1 aliphatic carbocycles. The highest BCUT2D eigenvalue weighted by atomic mass is 16.5. The second-order valence-corrected chi connectivity index (χ2v) is 6.93. The summed E-state index contributed by atoms with van der Waals surface area (Å²) in [6.45, 7) is 6.09. The summed E-state index contributed by atoms with van der Waals surface area (Å²) in [5, 5.41) is 5.87. The second kappa shape index (κ2) is 7.32. The lowest BCUT2D eigenvalue weighted by Crippen LogP contribution is -3.16. The first-order chi connectivity index (χ1) is 11.5. The quantitative estimate of drug-likeness (QED) is 0.722. The number of hydrogen-bond donors (Lipinski definition) is 3. The Balaban J connectivity index is 1.60. The molecule has 0 unspecified atom stereocenters. The van der Waals surface area contributed by atoms with E-state index in [4.69, 9.17) is 4.74 Å². The van der Waals surface area contributed by atoms with Gasteiger partial charge in [0.15, 0.2) is 6.54 Å². The minimum Gasteiger partial charge on any atom is -0.364 e. The summed E-state index contributed by atoms with van der Waals surface area (Å²) >= 11 is 0. The van der Waals surface area contributed by atoms with E-state index in [2.05, 4.69) is 10.6 Å². The van der Waals surface area contributed by atoms with E-state index in [9.17, 15) is 9.59 Å². The van der Waals surface area contributed by atoms with E-state index >= 15 is 0 Å². The Morgan fingerprint density at radius 3 is 2.50 bits per heavy atom. The molecule has 1 saturated carbocycles. The van der Waals surface area contributed by atoms with Crippen molar-refractivity contribution in [1.82, 2.24) is 5.32 Å². The van der Waals surface area contributed by atoms with Gasteiger partial charge in [0, 0.05) is 6.04 Å². The highest BCUT2D eigenvalue weighted by molar-refractivity contribution is 6.04. The molecule has 2 amide bonds. The largest absolute Gasteiger partial charge is 0.364 e. The van der Waals surface area contributed by atoms with Crippen molar-refractivity contribution >= 4 is 17.5 Å². The van der Waals surface area contributed by atoms with Crippen molar-refractivity contribution in [1.29, 1.82) is 0 Å². The van der Waals surface area contributed by atoms with Gasteiger partial charge < -0.3 is 20.3 Å². The molecule has 2 fully saturated rings. The van der Waals surface area contributed by atoms with Crippen LogP contribution in [-0.4, -0.2) is 49.7 Å². The van der Waals surface area contributed by atoms with Crippen LogP contribution in [0.25, 0.3) is 0 Å². The summed E-state index contributed by atoms with van der Waals surface area (Å²) in [6.07, 6.45) is 2.40. The van der Waals surface area contributed by atoms with Gasteiger partial charge in [-0.15, -0.1) is 0 Å². The van der Waals surface area contributed by atoms with Crippen LogP contribution in [0.4, 0.5) is 5.69 Å². The van der Waals surface area contributed by atoms with E-state index in [1.807, 2.05) is 26.0 Å².